The summed E-state index contributed by atoms with van der Waals surface area (Å²) in [6.45, 7) is 3.90. The van der Waals surface area contributed by atoms with Gasteiger partial charge in [-0.2, -0.15) is 0 Å². The van der Waals surface area contributed by atoms with Gasteiger partial charge in [-0.1, -0.05) is 23.7 Å². The molecule has 0 aliphatic heterocycles. The Labute approximate surface area is 147 Å². The Bertz CT molecular complexity index is 741. The van der Waals surface area contributed by atoms with E-state index in [4.69, 9.17) is 21.1 Å². The average Bonchev–Trinajstić information content (AvgIpc) is 2.53. The van der Waals surface area contributed by atoms with Crippen LogP contribution in [0.15, 0.2) is 48.5 Å². The molecule has 0 heterocycles. The van der Waals surface area contributed by atoms with Crippen LogP contribution in [0.4, 0.5) is 5.69 Å². The van der Waals surface area contributed by atoms with Crippen LogP contribution >= 0.6 is 11.6 Å². The molecule has 1 amide bonds. The van der Waals surface area contributed by atoms with Crippen LogP contribution in [0.3, 0.4) is 0 Å². The Hall–Kier alpha value is -2.46. The Morgan fingerprint density at radius 2 is 1.96 bits per heavy atom. The number of halogens is 1. The summed E-state index contributed by atoms with van der Waals surface area (Å²) in [6.07, 6.45) is 3.23. The molecule has 2 rings (SSSR count). The lowest BCUT2D eigenvalue weighted by atomic mass is 10.2. The summed E-state index contributed by atoms with van der Waals surface area (Å²) < 4.78 is 11.0. The number of hydrogen-bond acceptors (Lipinski definition) is 3. The number of anilines is 1. The van der Waals surface area contributed by atoms with E-state index in [-0.39, 0.29) is 12.0 Å². The molecule has 0 unspecified atom stereocenters. The number of rotatable bonds is 6. The van der Waals surface area contributed by atoms with Gasteiger partial charge in [-0.25, -0.2) is 0 Å². The van der Waals surface area contributed by atoms with Crippen LogP contribution in [0.2, 0.25) is 5.02 Å². The predicted octanol–water partition coefficient (Wildman–Crippen LogP) is 4.79. The van der Waals surface area contributed by atoms with Gasteiger partial charge in [0, 0.05) is 16.8 Å². The zero-order valence-electron chi connectivity index (χ0n) is 13.9. The van der Waals surface area contributed by atoms with E-state index in [0.717, 1.165) is 5.56 Å². The van der Waals surface area contributed by atoms with Crippen molar-refractivity contribution in [3.8, 4) is 11.5 Å². The van der Waals surface area contributed by atoms with Crippen molar-refractivity contribution in [2.24, 2.45) is 0 Å². The number of benzene rings is 2. The molecular formula is C19H20ClNO3. The second-order valence-electron chi connectivity index (χ2n) is 5.41. The highest BCUT2D eigenvalue weighted by Crippen LogP contribution is 2.29. The highest BCUT2D eigenvalue weighted by molar-refractivity contribution is 6.30. The fourth-order valence-electron chi connectivity index (χ4n) is 2.06. The Kier molecular flexibility index (Phi) is 6.27. The highest BCUT2D eigenvalue weighted by Gasteiger charge is 2.06. The molecular weight excluding hydrogens is 326 g/mol. The molecule has 2 aromatic carbocycles. The Balaban J connectivity index is 2.06. The monoisotopic (exact) mass is 345 g/mol. The van der Waals surface area contributed by atoms with Gasteiger partial charge in [0.25, 0.3) is 0 Å². The molecule has 0 bridgehead atoms. The van der Waals surface area contributed by atoms with E-state index >= 15 is 0 Å². The molecule has 0 aromatic heterocycles. The molecule has 4 nitrogen and oxygen atoms in total. The van der Waals surface area contributed by atoms with Crippen LogP contribution in [0, 0.1) is 0 Å². The summed E-state index contributed by atoms with van der Waals surface area (Å²) in [4.78, 5) is 12.0. The molecule has 0 saturated carbocycles. The lowest BCUT2D eigenvalue weighted by molar-refractivity contribution is -0.111. The van der Waals surface area contributed by atoms with Crippen LogP contribution < -0.4 is 14.8 Å². The average molecular weight is 346 g/mol. The molecule has 126 valence electrons. The third-order valence-electron chi connectivity index (χ3n) is 3.07. The van der Waals surface area contributed by atoms with Gasteiger partial charge in [0.2, 0.25) is 5.91 Å². The summed E-state index contributed by atoms with van der Waals surface area (Å²) in [5.74, 6) is 1.06. The zero-order chi connectivity index (χ0) is 17.5. The molecule has 5 heteroatoms. The topological polar surface area (TPSA) is 47.6 Å². The van der Waals surface area contributed by atoms with Crippen LogP contribution in [0.25, 0.3) is 6.08 Å². The van der Waals surface area contributed by atoms with E-state index in [9.17, 15) is 4.79 Å². The molecule has 0 aliphatic rings. The number of hydrogen-bond donors (Lipinski definition) is 1. The van der Waals surface area contributed by atoms with Crippen LogP contribution in [0.5, 0.6) is 11.5 Å². The first kappa shape index (κ1) is 17.9. The van der Waals surface area contributed by atoms with Crippen molar-refractivity contribution >= 4 is 29.3 Å². The molecule has 24 heavy (non-hydrogen) atoms. The van der Waals surface area contributed by atoms with Crippen molar-refractivity contribution in [3.05, 3.63) is 59.1 Å². The van der Waals surface area contributed by atoms with Gasteiger partial charge < -0.3 is 14.8 Å². The van der Waals surface area contributed by atoms with Gasteiger partial charge in [0.05, 0.1) is 13.2 Å². The molecule has 0 atom stereocenters. The predicted molar refractivity (Wildman–Crippen MR) is 97.9 cm³/mol. The maximum absolute atomic E-state index is 12.0. The van der Waals surface area contributed by atoms with Crippen LogP contribution in [-0.2, 0) is 4.79 Å². The molecule has 0 fully saturated rings. The normalized spacial score (nSPS) is 10.9. The van der Waals surface area contributed by atoms with Crippen LogP contribution in [-0.4, -0.2) is 19.1 Å². The van der Waals surface area contributed by atoms with E-state index in [1.165, 1.54) is 6.08 Å². The minimum absolute atomic E-state index is 0.0590. The largest absolute Gasteiger partial charge is 0.493 e. The summed E-state index contributed by atoms with van der Waals surface area (Å²) in [5, 5.41) is 3.32. The van der Waals surface area contributed by atoms with Crippen molar-refractivity contribution in [2.45, 2.75) is 20.0 Å². The van der Waals surface area contributed by atoms with E-state index in [1.807, 2.05) is 32.0 Å². The van der Waals surface area contributed by atoms with Gasteiger partial charge in [0.15, 0.2) is 11.5 Å². The first-order valence-corrected chi connectivity index (χ1v) is 7.95. The number of amides is 1. The first-order chi connectivity index (χ1) is 11.5. The molecule has 1 N–H and O–H groups in total. The van der Waals surface area contributed by atoms with Crippen molar-refractivity contribution in [1.82, 2.24) is 0 Å². The van der Waals surface area contributed by atoms with E-state index in [1.54, 1.807) is 37.5 Å². The minimum atomic E-state index is -0.237. The highest BCUT2D eigenvalue weighted by atomic mass is 35.5. The number of ether oxygens (including phenoxy) is 2. The SMILES string of the molecule is COc1cc(/C=C/C(=O)Nc2cccc(Cl)c2)ccc1OC(C)C. The van der Waals surface area contributed by atoms with Crippen LogP contribution in [0.1, 0.15) is 19.4 Å². The molecule has 0 aliphatic carbocycles. The quantitative estimate of drug-likeness (QED) is 0.766. The van der Waals surface area contributed by atoms with Gasteiger partial charge in [-0.15, -0.1) is 0 Å². The molecule has 0 spiro atoms. The standard InChI is InChI=1S/C19H20ClNO3/c1-13(2)24-17-9-7-14(11-18(17)23-3)8-10-19(22)21-16-6-4-5-15(20)12-16/h4-13H,1-3H3,(H,21,22)/b10-8+. The molecule has 0 radical (unpaired) electrons. The maximum Gasteiger partial charge on any atom is 0.248 e. The van der Waals surface area contributed by atoms with E-state index in [0.29, 0.717) is 22.2 Å². The maximum atomic E-state index is 12.0. The second kappa shape index (κ2) is 8.41. The third-order valence-corrected chi connectivity index (χ3v) is 3.30. The van der Waals surface area contributed by atoms with Crippen molar-refractivity contribution < 1.29 is 14.3 Å². The number of carbonyl (C=O) groups excluding carboxylic acids is 1. The number of methoxy groups -OCH3 is 1. The van der Waals surface area contributed by atoms with Crippen molar-refractivity contribution in [1.29, 1.82) is 0 Å². The van der Waals surface area contributed by atoms with Crippen molar-refractivity contribution in [2.75, 3.05) is 12.4 Å². The van der Waals surface area contributed by atoms with Gasteiger partial charge in [-0.05, 0) is 55.8 Å². The smallest absolute Gasteiger partial charge is 0.248 e. The summed E-state index contributed by atoms with van der Waals surface area (Å²) >= 11 is 5.89. The lowest BCUT2D eigenvalue weighted by Gasteiger charge is -2.13. The summed E-state index contributed by atoms with van der Waals surface area (Å²) in [5.41, 5.74) is 1.49. The Morgan fingerprint density at radius 3 is 2.62 bits per heavy atom. The number of nitrogens with one attached hydrogen (secondary N) is 1. The fraction of sp³-hybridized carbons (Fsp3) is 0.211. The third kappa shape index (κ3) is 5.32. The molecule has 0 saturated heterocycles. The van der Waals surface area contributed by atoms with E-state index in [2.05, 4.69) is 5.32 Å². The minimum Gasteiger partial charge on any atom is -0.493 e. The van der Waals surface area contributed by atoms with E-state index < -0.39 is 0 Å². The number of carbonyl (C=O) groups is 1. The zero-order valence-corrected chi connectivity index (χ0v) is 14.6. The molecule has 2 aromatic rings. The summed E-state index contributed by atoms with van der Waals surface area (Å²) in [7, 11) is 1.59. The second-order valence-corrected chi connectivity index (χ2v) is 5.85. The Morgan fingerprint density at radius 1 is 1.17 bits per heavy atom. The first-order valence-electron chi connectivity index (χ1n) is 7.57. The van der Waals surface area contributed by atoms with Gasteiger partial charge >= 0.3 is 0 Å². The van der Waals surface area contributed by atoms with Crippen molar-refractivity contribution in [3.63, 3.8) is 0 Å². The fourth-order valence-corrected chi connectivity index (χ4v) is 2.25. The lowest BCUT2D eigenvalue weighted by Crippen LogP contribution is -2.07. The summed E-state index contributed by atoms with van der Waals surface area (Å²) in [6, 6.07) is 12.5. The van der Waals surface area contributed by atoms with Gasteiger partial charge in [0.1, 0.15) is 0 Å². The van der Waals surface area contributed by atoms with Gasteiger partial charge in [-0.3, -0.25) is 4.79 Å².